The number of hydrogen-bond acceptors (Lipinski definition) is 3. The molecule has 2 aromatic rings. The van der Waals surface area contributed by atoms with Crippen molar-refractivity contribution in [2.45, 2.75) is 32.2 Å². The fourth-order valence-corrected chi connectivity index (χ4v) is 4.18. The molecule has 1 N–H and O–H groups in total. The van der Waals surface area contributed by atoms with Crippen LogP contribution < -0.4 is 5.32 Å². The average molecular weight is 379 g/mol. The van der Waals surface area contributed by atoms with E-state index in [1.165, 1.54) is 0 Å². The molecule has 6 nitrogen and oxygen atoms in total. The number of hydrogen-bond donors (Lipinski definition) is 1. The molecule has 2 aliphatic rings. The third-order valence-corrected chi connectivity index (χ3v) is 6.03. The van der Waals surface area contributed by atoms with Crippen molar-refractivity contribution in [3.05, 3.63) is 48.0 Å². The highest BCUT2D eigenvalue weighted by Crippen LogP contribution is 2.33. The maximum absolute atomic E-state index is 13.2. The van der Waals surface area contributed by atoms with E-state index < -0.39 is 11.6 Å². The number of rotatable bonds is 3. The summed E-state index contributed by atoms with van der Waals surface area (Å²) in [6.45, 7) is 5.05. The number of nitrogens with zero attached hydrogens (tertiary/aromatic N) is 2. The first-order chi connectivity index (χ1) is 13.4. The van der Waals surface area contributed by atoms with Gasteiger partial charge in [0.25, 0.3) is 5.91 Å². The quantitative estimate of drug-likeness (QED) is 0.834. The maximum atomic E-state index is 13.2. The van der Waals surface area contributed by atoms with Crippen LogP contribution in [0.3, 0.4) is 0 Å². The lowest BCUT2D eigenvalue weighted by Gasteiger charge is -2.31. The van der Waals surface area contributed by atoms with E-state index in [0.29, 0.717) is 19.0 Å². The molecule has 4 amide bonds. The summed E-state index contributed by atoms with van der Waals surface area (Å²) >= 11 is 0. The number of benzene rings is 2. The first-order valence-corrected chi connectivity index (χ1v) is 9.80. The Morgan fingerprint density at radius 3 is 2.54 bits per heavy atom. The largest absolute Gasteiger partial charge is 0.341 e. The van der Waals surface area contributed by atoms with Crippen LogP contribution in [-0.2, 0) is 15.1 Å². The summed E-state index contributed by atoms with van der Waals surface area (Å²) in [6.07, 6.45) is 1.92. The van der Waals surface area contributed by atoms with Gasteiger partial charge in [0.1, 0.15) is 12.1 Å². The molecule has 0 radical (unpaired) electrons. The Balaban J connectivity index is 1.59. The van der Waals surface area contributed by atoms with Gasteiger partial charge >= 0.3 is 6.03 Å². The van der Waals surface area contributed by atoms with Crippen LogP contribution in [0, 0.1) is 5.92 Å². The van der Waals surface area contributed by atoms with Crippen molar-refractivity contribution in [1.29, 1.82) is 0 Å². The Morgan fingerprint density at radius 1 is 1.11 bits per heavy atom. The second kappa shape index (κ2) is 6.93. The molecule has 0 aliphatic carbocycles. The third kappa shape index (κ3) is 3.03. The minimum Gasteiger partial charge on any atom is -0.341 e. The van der Waals surface area contributed by atoms with Crippen molar-refractivity contribution in [2.75, 3.05) is 19.6 Å². The summed E-state index contributed by atoms with van der Waals surface area (Å²) in [5.41, 5.74) is -0.444. The van der Waals surface area contributed by atoms with Crippen LogP contribution in [0.4, 0.5) is 4.79 Å². The van der Waals surface area contributed by atoms with Crippen molar-refractivity contribution in [3.8, 4) is 0 Å². The van der Waals surface area contributed by atoms with E-state index in [9.17, 15) is 14.4 Å². The van der Waals surface area contributed by atoms with Crippen molar-refractivity contribution in [1.82, 2.24) is 15.1 Å². The molecule has 2 saturated heterocycles. The van der Waals surface area contributed by atoms with Crippen molar-refractivity contribution in [2.24, 2.45) is 5.92 Å². The Bertz CT molecular complexity index is 944. The number of amides is 4. The Hall–Kier alpha value is -2.89. The molecule has 2 fully saturated rings. The molecule has 146 valence electrons. The van der Waals surface area contributed by atoms with E-state index in [0.717, 1.165) is 34.1 Å². The first-order valence-electron chi connectivity index (χ1n) is 9.80. The van der Waals surface area contributed by atoms with E-state index in [4.69, 9.17) is 0 Å². The second-order valence-corrected chi connectivity index (χ2v) is 8.04. The molecule has 0 unspecified atom stereocenters. The lowest BCUT2D eigenvalue weighted by atomic mass is 9.88. The van der Waals surface area contributed by atoms with Crippen LogP contribution in [-0.4, -0.2) is 47.3 Å². The summed E-state index contributed by atoms with van der Waals surface area (Å²) in [6, 6.07) is 13.0. The SMILES string of the molecule is CC1CCN(C(=O)CN2C(=O)N[C@@](C)(c3cccc4ccccc34)C2=O)CC1. The van der Waals surface area contributed by atoms with Crippen LogP contribution in [0.15, 0.2) is 42.5 Å². The summed E-state index contributed by atoms with van der Waals surface area (Å²) < 4.78 is 0. The molecule has 0 bridgehead atoms. The molecule has 4 rings (SSSR count). The van der Waals surface area contributed by atoms with Gasteiger partial charge in [0.2, 0.25) is 5.91 Å². The van der Waals surface area contributed by atoms with Gasteiger partial charge < -0.3 is 10.2 Å². The van der Waals surface area contributed by atoms with Crippen LogP contribution in [0.5, 0.6) is 0 Å². The van der Waals surface area contributed by atoms with Crippen molar-refractivity contribution in [3.63, 3.8) is 0 Å². The molecule has 0 spiro atoms. The highest BCUT2D eigenvalue weighted by atomic mass is 16.2. The number of fused-ring (bicyclic) bond motifs is 1. The van der Waals surface area contributed by atoms with Gasteiger partial charge in [-0.2, -0.15) is 0 Å². The van der Waals surface area contributed by atoms with Crippen molar-refractivity contribution < 1.29 is 14.4 Å². The van der Waals surface area contributed by atoms with Gasteiger partial charge in [-0.3, -0.25) is 14.5 Å². The standard InChI is InChI=1S/C22H25N3O3/c1-15-10-12-24(13-11-15)19(26)14-25-20(27)22(2,23-21(25)28)18-9-5-7-16-6-3-4-8-17(16)18/h3-9,15H,10-14H2,1-2H3,(H,23,28)/t22-/m0/s1. The lowest BCUT2D eigenvalue weighted by Crippen LogP contribution is -2.46. The van der Waals surface area contributed by atoms with E-state index >= 15 is 0 Å². The fourth-order valence-electron chi connectivity index (χ4n) is 4.18. The maximum Gasteiger partial charge on any atom is 0.325 e. The molecule has 28 heavy (non-hydrogen) atoms. The van der Waals surface area contributed by atoms with E-state index in [2.05, 4.69) is 12.2 Å². The summed E-state index contributed by atoms with van der Waals surface area (Å²) in [7, 11) is 0. The second-order valence-electron chi connectivity index (χ2n) is 8.04. The smallest absolute Gasteiger partial charge is 0.325 e. The Morgan fingerprint density at radius 2 is 1.79 bits per heavy atom. The molecule has 1 atom stereocenters. The van der Waals surface area contributed by atoms with Gasteiger partial charge in [0, 0.05) is 13.1 Å². The zero-order valence-corrected chi connectivity index (χ0v) is 16.3. The zero-order valence-electron chi connectivity index (χ0n) is 16.3. The van der Waals surface area contributed by atoms with Gasteiger partial charge in [0.05, 0.1) is 0 Å². The highest BCUT2D eigenvalue weighted by Gasteiger charge is 2.50. The molecule has 0 aromatic heterocycles. The fraction of sp³-hybridized carbons (Fsp3) is 0.409. The zero-order chi connectivity index (χ0) is 19.9. The Labute approximate surface area is 164 Å². The van der Waals surface area contributed by atoms with Gasteiger partial charge in [-0.15, -0.1) is 0 Å². The molecule has 2 aromatic carbocycles. The monoisotopic (exact) mass is 379 g/mol. The van der Waals surface area contributed by atoms with E-state index in [1.54, 1.807) is 11.8 Å². The van der Waals surface area contributed by atoms with Gasteiger partial charge in [-0.1, -0.05) is 49.4 Å². The van der Waals surface area contributed by atoms with Gasteiger partial charge in [-0.05, 0) is 42.0 Å². The molecule has 6 heteroatoms. The van der Waals surface area contributed by atoms with Crippen molar-refractivity contribution >= 4 is 28.6 Å². The number of piperidine rings is 1. The molecule has 0 saturated carbocycles. The summed E-state index contributed by atoms with van der Waals surface area (Å²) in [5.74, 6) is 0.0561. The minimum absolute atomic E-state index is 0.169. The van der Waals surface area contributed by atoms with E-state index in [1.807, 2.05) is 42.5 Å². The summed E-state index contributed by atoms with van der Waals surface area (Å²) in [4.78, 5) is 41.3. The number of carbonyl (C=O) groups excluding carboxylic acids is 3. The van der Waals surface area contributed by atoms with Crippen LogP contribution in [0.25, 0.3) is 10.8 Å². The summed E-state index contributed by atoms with van der Waals surface area (Å²) in [5, 5.41) is 4.74. The normalized spacial score (nSPS) is 23.4. The predicted molar refractivity (Wildman–Crippen MR) is 107 cm³/mol. The Kier molecular flexibility index (Phi) is 4.57. The third-order valence-electron chi connectivity index (χ3n) is 6.03. The average Bonchev–Trinajstić information content (AvgIpc) is 2.92. The van der Waals surface area contributed by atoms with Crippen LogP contribution in [0.2, 0.25) is 0 Å². The highest BCUT2D eigenvalue weighted by molar-refractivity contribution is 6.10. The first kappa shape index (κ1) is 18.5. The van der Waals surface area contributed by atoms with Crippen LogP contribution >= 0.6 is 0 Å². The number of carbonyl (C=O) groups is 3. The lowest BCUT2D eigenvalue weighted by molar-refractivity contribution is -0.139. The topological polar surface area (TPSA) is 69.7 Å². The predicted octanol–water partition coefficient (Wildman–Crippen LogP) is 2.87. The van der Waals surface area contributed by atoms with Gasteiger partial charge in [0.15, 0.2) is 0 Å². The number of likely N-dealkylation sites (tertiary alicyclic amines) is 1. The minimum atomic E-state index is -1.19. The van der Waals surface area contributed by atoms with Gasteiger partial charge in [-0.25, -0.2) is 4.79 Å². The molecular formula is C22H25N3O3. The number of nitrogens with one attached hydrogen (secondary N) is 1. The number of imide groups is 1. The van der Waals surface area contributed by atoms with Crippen LogP contribution in [0.1, 0.15) is 32.3 Å². The number of urea groups is 1. The molecule has 2 aliphatic heterocycles. The molecular weight excluding hydrogens is 354 g/mol. The van der Waals surface area contributed by atoms with E-state index in [-0.39, 0.29) is 18.4 Å². The molecule has 2 heterocycles.